The van der Waals surface area contributed by atoms with Gasteiger partial charge in [0.05, 0.1) is 11.8 Å². The molecule has 1 aromatic carbocycles. The lowest BCUT2D eigenvalue weighted by atomic mass is 9.96. The summed E-state index contributed by atoms with van der Waals surface area (Å²) in [4.78, 5) is 22.6. The number of rotatable bonds is 5. The predicted octanol–water partition coefficient (Wildman–Crippen LogP) is 1.69. The number of aliphatic carboxylic acids is 1. The van der Waals surface area contributed by atoms with Crippen LogP contribution >= 0.6 is 0 Å². The Morgan fingerprint density at radius 3 is 2.40 bits per heavy atom. The maximum absolute atomic E-state index is 12.9. The molecule has 2 aliphatic carbocycles. The van der Waals surface area contributed by atoms with Gasteiger partial charge in [-0.15, -0.1) is 0 Å². The molecule has 2 fully saturated rings. The molecular weight excluding hydrogens is 261 g/mol. The van der Waals surface area contributed by atoms with Crippen molar-refractivity contribution in [3.63, 3.8) is 0 Å². The number of carbonyl (C=O) groups is 2. The van der Waals surface area contributed by atoms with E-state index in [-0.39, 0.29) is 23.1 Å². The van der Waals surface area contributed by atoms with Crippen LogP contribution in [-0.2, 0) is 15.0 Å². The van der Waals surface area contributed by atoms with Gasteiger partial charge in [-0.3, -0.25) is 9.59 Å². The summed E-state index contributed by atoms with van der Waals surface area (Å²) in [6.07, 6.45) is 2.36. The molecule has 0 radical (unpaired) electrons. The SMILES string of the molecule is O=C(O)C1CC1C(=O)NCC1(c2ccc(F)cc2)CC1. The number of carboxylic acids is 1. The molecule has 2 aliphatic rings. The zero-order valence-corrected chi connectivity index (χ0v) is 10.9. The Balaban J connectivity index is 1.57. The number of halogens is 1. The molecule has 20 heavy (non-hydrogen) atoms. The maximum atomic E-state index is 12.9. The third-order valence-corrected chi connectivity index (χ3v) is 4.36. The van der Waals surface area contributed by atoms with Gasteiger partial charge in [-0.05, 0) is 37.0 Å². The highest BCUT2D eigenvalue weighted by molar-refractivity contribution is 5.89. The topological polar surface area (TPSA) is 66.4 Å². The van der Waals surface area contributed by atoms with Crippen LogP contribution < -0.4 is 5.32 Å². The van der Waals surface area contributed by atoms with Gasteiger partial charge in [-0.1, -0.05) is 12.1 Å². The van der Waals surface area contributed by atoms with Crippen LogP contribution in [0.3, 0.4) is 0 Å². The van der Waals surface area contributed by atoms with E-state index in [1.807, 2.05) is 0 Å². The average Bonchev–Trinajstić information content (AvgIpc) is 3.30. The fourth-order valence-electron chi connectivity index (χ4n) is 2.67. The molecule has 106 valence electrons. The van der Waals surface area contributed by atoms with Crippen LogP contribution in [0.5, 0.6) is 0 Å². The quantitative estimate of drug-likeness (QED) is 0.860. The summed E-state index contributed by atoms with van der Waals surface area (Å²) in [6, 6.07) is 6.37. The van der Waals surface area contributed by atoms with Gasteiger partial charge >= 0.3 is 5.97 Å². The summed E-state index contributed by atoms with van der Waals surface area (Å²) in [7, 11) is 0. The lowest BCUT2D eigenvalue weighted by molar-refractivity contribution is -0.140. The number of amides is 1. The van der Waals surface area contributed by atoms with Crippen molar-refractivity contribution in [1.82, 2.24) is 5.32 Å². The zero-order valence-electron chi connectivity index (χ0n) is 10.9. The molecule has 1 amide bonds. The third kappa shape index (κ3) is 2.40. The van der Waals surface area contributed by atoms with Gasteiger partial charge in [0, 0.05) is 12.0 Å². The highest BCUT2D eigenvalue weighted by Crippen LogP contribution is 2.48. The Kier molecular flexibility index (Phi) is 3.00. The van der Waals surface area contributed by atoms with E-state index in [4.69, 9.17) is 5.11 Å². The molecule has 2 saturated carbocycles. The van der Waals surface area contributed by atoms with Crippen molar-refractivity contribution < 1.29 is 19.1 Å². The van der Waals surface area contributed by atoms with Crippen LogP contribution in [0.4, 0.5) is 4.39 Å². The summed E-state index contributed by atoms with van der Waals surface area (Å²) in [5, 5.41) is 11.7. The summed E-state index contributed by atoms with van der Waals surface area (Å²) >= 11 is 0. The Hall–Kier alpha value is -1.91. The molecule has 2 unspecified atom stereocenters. The highest BCUT2D eigenvalue weighted by atomic mass is 19.1. The Morgan fingerprint density at radius 2 is 1.90 bits per heavy atom. The number of hydrogen-bond donors (Lipinski definition) is 2. The van der Waals surface area contributed by atoms with Crippen LogP contribution in [0.1, 0.15) is 24.8 Å². The smallest absolute Gasteiger partial charge is 0.307 e. The van der Waals surface area contributed by atoms with Crippen LogP contribution in [-0.4, -0.2) is 23.5 Å². The minimum absolute atomic E-state index is 0.0863. The predicted molar refractivity (Wildman–Crippen MR) is 69.6 cm³/mol. The first kappa shape index (κ1) is 13.1. The van der Waals surface area contributed by atoms with Gasteiger partial charge in [0.15, 0.2) is 0 Å². The fraction of sp³-hybridized carbons (Fsp3) is 0.467. The highest BCUT2D eigenvalue weighted by Gasteiger charge is 2.50. The van der Waals surface area contributed by atoms with Gasteiger partial charge in [0.25, 0.3) is 0 Å². The van der Waals surface area contributed by atoms with Crippen molar-refractivity contribution in [1.29, 1.82) is 0 Å². The first-order valence-corrected chi connectivity index (χ1v) is 6.78. The summed E-state index contributed by atoms with van der Waals surface area (Å²) in [5.74, 6) is -2.24. The molecule has 5 heteroatoms. The van der Waals surface area contributed by atoms with E-state index in [9.17, 15) is 14.0 Å². The van der Waals surface area contributed by atoms with E-state index in [0.29, 0.717) is 13.0 Å². The van der Waals surface area contributed by atoms with Crippen LogP contribution in [0.15, 0.2) is 24.3 Å². The maximum Gasteiger partial charge on any atom is 0.307 e. The molecular formula is C15H16FNO3. The van der Waals surface area contributed by atoms with Crippen LogP contribution in [0.2, 0.25) is 0 Å². The van der Waals surface area contributed by atoms with Crippen molar-refractivity contribution in [2.45, 2.75) is 24.7 Å². The van der Waals surface area contributed by atoms with Crippen LogP contribution in [0.25, 0.3) is 0 Å². The van der Waals surface area contributed by atoms with Crippen molar-refractivity contribution in [2.24, 2.45) is 11.8 Å². The lowest BCUT2D eigenvalue weighted by Gasteiger charge is -2.16. The largest absolute Gasteiger partial charge is 0.481 e. The van der Waals surface area contributed by atoms with E-state index in [0.717, 1.165) is 18.4 Å². The Bertz CT molecular complexity index is 551. The molecule has 3 rings (SSSR count). The second-order valence-electron chi connectivity index (χ2n) is 5.79. The number of carboxylic acid groups (broad SMARTS) is 1. The molecule has 0 aromatic heterocycles. The number of carbonyl (C=O) groups excluding carboxylic acids is 1. The van der Waals surface area contributed by atoms with Crippen molar-refractivity contribution in [3.8, 4) is 0 Å². The minimum atomic E-state index is -0.898. The molecule has 2 atom stereocenters. The fourth-order valence-corrected chi connectivity index (χ4v) is 2.67. The molecule has 4 nitrogen and oxygen atoms in total. The average molecular weight is 277 g/mol. The molecule has 0 saturated heterocycles. The molecule has 2 N–H and O–H groups in total. The first-order valence-electron chi connectivity index (χ1n) is 6.78. The summed E-state index contributed by atoms with van der Waals surface area (Å²) in [6.45, 7) is 0.500. The van der Waals surface area contributed by atoms with Crippen molar-refractivity contribution in [3.05, 3.63) is 35.6 Å². The Morgan fingerprint density at radius 1 is 1.25 bits per heavy atom. The zero-order chi connectivity index (χ0) is 14.3. The van der Waals surface area contributed by atoms with Gasteiger partial charge in [-0.2, -0.15) is 0 Å². The molecule has 1 aromatic rings. The number of benzene rings is 1. The van der Waals surface area contributed by atoms with E-state index >= 15 is 0 Å². The molecule has 0 bridgehead atoms. The lowest BCUT2D eigenvalue weighted by Crippen LogP contribution is -2.34. The number of nitrogens with one attached hydrogen (secondary N) is 1. The number of hydrogen-bond acceptors (Lipinski definition) is 2. The Labute approximate surface area is 116 Å². The summed E-state index contributed by atoms with van der Waals surface area (Å²) in [5.41, 5.74) is 0.946. The van der Waals surface area contributed by atoms with E-state index < -0.39 is 11.9 Å². The van der Waals surface area contributed by atoms with Crippen LogP contribution in [0, 0.1) is 17.7 Å². The van der Waals surface area contributed by atoms with Crippen molar-refractivity contribution >= 4 is 11.9 Å². The summed E-state index contributed by atoms with van der Waals surface area (Å²) < 4.78 is 12.9. The monoisotopic (exact) mass is 277 g/mol. The van der Waals surface area contributed by atoms with E-state index in [1.54, 1.807) is 12.1 Å². The standard InChI is InChI=1S/C15H16FNO3/c16-10-3-1-9(2-4-10)15(5-6-15)8-17-13(18)11-7-12(11)14(19)20/h1-4,11-12H,5-8H2,(H,17,18)(H,19,20). The molecule has 0 heterocycles. The van der Waals surface area contributed by atoms with Gasteiger partial charge < -0.3 is 10.4 Å². The van der Waals surface area contributed by atoms with Gasteiger partial charge in [0.2, 0.25) is 5.91 Å². The second kappa shape index (κ2) is 4.58. The second-order valence-corrected chi connectivity index (χ2v) is 5.79. The van der Waals surface area contributed by atoms with Gasteiger partial charge in [-0.25, -0.2) is 4.39 Å². The molecule has 0 spiro atoms. The van der Waals surface area contributed by atoms with E-state index in [1.165, 1.54) is 12.1 Å². The van der Waals surface area contributed by atoms with Gasteiger partial charge in [0.1, 0.15) is 5.82 Å². The normalized spacial score (nSPS) is 25.9. The first-order chi connectivity index (χ1) is 9.52. The minimum Gasteiger partial charge on any atom is -0.481 e. The van der Waals surface area contributed by atoms with E-state index in [2.05, 4.69) is 5.32 Å². The molecule has 0 aliphatic heterocycles. The van der Waals surface area contributed by atoms with Crippen molar-refractivity contribution in [2.75, 3.05) is 6.54 Å². The third-order valence-electron chi connectivity index (χ3n) is 4.36.